The highest BCUT2D eigenvalue weighted by molar-refractivity contribution is 7.92. The lowest BCUT2D eigenvalue weighted by molar-refractivity contribution is -0.130. The molecule has 0 saturated carbocycles. The summed E-state index contributed by atoms with van der Waals surface area (Å²) in [6.45, 7) is 4.08. The van der Waals surface area contributed by atoms with Gasteiger partial charge < -0.3 is 4.90 Å². The van der Waals surface area contributed by atoms with Crippen LogP contribution in [0.4, 0.5) is 18.9 Å². The van der Waals surface area contributed by atoms with E-state index >= 15 is 0 Å². The molecule has 0 aliphatic heterocycles. The minimum absolute atomic E-state index is 0.201. The first-order valence-electron chi connectivity index (χ1n) is 7.02. The molecular weight excluding hydrogens is 333 g/mol. The van der Waals surface area contributed by atoms with Gasteiger partial charge >= 0.3 is 0 Å². The van der Waals surface area contributed by atoms with E-state index in [0.717, 1.165) is 12.3 Å². The van der Waals surface area contributed by atoms with Gasteiger partial charge in [-0.2, -0.15) is 0 Å². The van der Waals surface area contributed by atoms with Crippen molar-refractivity contribution in [3.8, 4) is 0 Å². The number of nitrogens with zero attached hydrogens (tertiary/aromatic N) is 2. The molecule has 23 heavy (non-hydrogen) atoms. The quantitative estimate of drug-likeness (QED) is 0.707. The smallest absolute Gasteiger partial charge is 0.232 e. The van der Waals surface area contributed by atoms with Crippen LogP contribution in [0.3, 0.4) is 0 Å². The summed E-state index contributed by atoms with van der Waals surface area (Å²) in [6.07, 6.45) is 0.600. The Kier molecular flexibility index (Phi) is 6.43. The zero-order valence-electron chi connectivity index (χ0n) is 13.1. The molecule has 0 bridgehead atoms. The summed E-state index contributed by atoms with van der Waals surface area (Å²) in [5, 5.41) is 0. The third-order valence-electron chi connectivity index (χ3n) is 3.33. The van der Waals surface area contributed by atoms with Crippen molar-refractivity contribution in [1.29, 1.82) is 0 Å². The summed E-state index contributed by atoms with van der Waals surface area (Å²) in [5.41, 5.74) is -0.626. The molecule has 0 radical (unpaired) electrons. The van der Waals surface area contributed by atoms with Gasteiger partial charge in [0.2, 0.25) is 15.9 Å². The summed E-state index contributed by atoms with van der Waals surface area (Å²) in [5.74, 6) is -5.09. The average Bonchev–Trinajstić information content (AvgIpc) is 2.47. The summed E-state index contributed by atoms with van der Waals surface area (Å²) in [4.78, 5) is 13.4. The van der Waals surface area contributed by atoms with Crippen LogP contribution >= 0.6 is 0 Å². The second kappa shape index (κ2) is 7.67. The molecule has 0 N–H and O–H groups in total. The standard InChI is InChI=1S/C14H19F3N2O3S/c1-4-18(5-2)12(20)8-9-19(23(3,21)22)11-7-6-10(15)13(16)14(11)17/h6-7H,4-5,8-9H2,1-3H3. The van der Waals surface area contributed by atoms with Crippen molar-refractivity contribution < 1.29 is 26.4 Å². The summed E-state index contributed by atoms with van der Waals surface area (Å²) >= 11 is 0. The Hall–Kier alpha value is -1.77. The summed E-state index contributed by atoms with van der Waals surface area (Å²) < 4.78 is 64.4. The minimum atomic E-state index is -3.97. The molecule has 0 aromatic heterocycles. The van der Waals surface area contributed by atoms with Gasteiger partial charge in [0.25, 0.3) is 0 Å². The molecule has 1 aromatic rings. The van der Waals surface area contributed by atoms with Crippen molar-refractivity contribution >= 4 is 21.6 Å². The van der Waals surface area contributed by atoms with E-state index in [2.05, 4.69) is 0 Å². The van der Waals surface area contributed by atoms with Crippen LogP contribution in [0.1, 0.15) is 20.3 Å². The lowest BCUT2D eigenvalue weighted by Crippen LogP contribution is -2.37. The normalized spacial score (nSPS) is 11.4. The van der Waals surface area contributed by atoms with E-state index in [9.17, 15) is 26.4 Å². The van der Waals surface area contributed by atoms with Gasteiger partial charge in [0.05, 0.1) is 11.9 Å². The van der Waals surface area contributed by atoms with Crippen molar-refractivity contribution in [2.75, 3.05) is 30.2 Å². The first-order chi connectivity index (χ1) is 10.6. The van der Waals surface area contributed by atoms with Crippen LogP contribution in [0.15, 0.2) is 12.1 Å². The fraction of sp³-hybridized carbons (Fsp3) is 0.500. The van der Waals surface area contributed by atoms with Crippen molar-refractivity contribution in [3.63, 3.8) is 0 Å². The average molecular weight is 352 g/mol. The van der Waals surface area contributed by atoms with Crippen LogP contribution in [-0.2, 0) is 14.8 Å². The highest BCUT2D eigenvalue weighted by Gasteiger charge is 2.25. The molecule has 0 heterocycles. The number of rotatable bonds is 7. The lowest BCUT2D eigenvalue weighted by Gasteiger charge is -2.25. The molecule has 0 spiro atoms. The Balaban J connectivity index is 3.09. The van der Waals surface area contributed by atoms with E-state index in [-0.39, 0.29) is 18.9 Å². The molecule has 5 nitrogen and oxygen atoms in total. The first kappa shape index (κ1) is 19.3. The highest BCUT2D eigenvalue weighted by Crippen LogP contribution is 2.25. The van der Waals surface area contributed by atoms with Crippen LogP contribution in [0, 0.1) is 17.5 Å². The number of carbonyl (C=O) groups excluding carboxylic acids is 1. The van der Waals surface area contributed by atoms with Crippen LogP contribution in [0.2, 0.25) is 0 Å². The Morgan fingerprint density at radius 2 is 1.65 bits per heavy atom. The monoisotopic (exact) mass is 352 g/mol. The van der Waals surface area contributed by atoms with Gasteiger partial charge in [-0.1, -0.05) is 0 Å². The molecule has 130 valence electrons. The van der Waals surface area contributed by atoms with Crippen molar-refractivity contribution in [2.45, 2.75) is 20.3 Å². The largest absolute Gasteiger partial charge is 0.343 e. The van der Waals surface area contributed by atoms with E-state index in [0.29, 0.717) is 23.5 Å². The predicted octanol–water partition coefficient (Wildman–Crippen LogP) is 2.13. The molecule has 0 unspecified atom stereocenters. The van der Waals surface area contributed by atoms with E-state index in [1.165, 1.54) is 4.90 Å². The molecule has 9 heteroatoms. The second-order valence-electron chi connectivity index (χ2n) is 4.85. The maximum Gasteiger partial charge on any atom is 0.232 e. The number of sulfonamides is 1. The van der Waals surface area contributed by atoms with E-state index in [1.807, 2.05) is 0 Å². The Labute approximate surface area is 133 Å². The summed E-state index contributed by atoms with van der Waals surface area (Å²) in [6, 6.07) is 1.47. The minimum Gasteiger partial charge on any atom is -0.343 e. The third-order valence-corrected chi connectivity index (χ3v) is 4.51. The zero-order chi connectivity index (χ0) is 17.8. The number of carbonyl (C=O) groups is 1. The number of hydrogen-bond acceptors (Lipinski definition) is 3. The molecule has 0 saturated heterocycles. The van der Waals surface area contributed by atoms with Crippen molar-refractivity contribution in [2.24, 2.45) is 0 Å². The van der Waals surface area contributed by atoms with E-state index < -0.39 is 33.2 Å². The molecular formula is C14H19F3N2O3S. The number of hydrogen-bond donors (Lipinski definition) is 0. The highest BCUT2D eigenvalue weighted by atomic mass is 32.2. The van der Waals surface area contributed by atoms with E-state index in [4.69, 9.17) is 0 Å². The van der Waals surface area contributed by atoms with Gasteiger partial charge in [0.15, 0.2) is 17.5 Å². The molecule has 0 fully saturated rings. The first-order valence-corrected chi connectivity index (χ1v) is 8.87. The summed E-state index contributed by atoms with van der Waals surface area (Å²) in [7, 11) is -3.97. The maximum atomic E-state index is 13.8. The van der Waals surface area contributed by atoms with Gasteiger partial charge in [-0.15, -0.1) is 0 Å². The number of amides is 1. The number of benzene rings is 1. The predicted molar refractivity (Wildman–Crippen MR) is 81.1 cm³/mol. The van der Waals surface area contributed by atoms with Gasteiger partial charge in [-0.3, -0.25) is 9.10 Å². The zero-order valence-corrected chi connectivity index (χ0v) is 14.0. The van der Waals surface area contributed by atoms with Gasteiger partial charge in [-0.05, 0) is 26.0 Å². The maximum absolute atomic E-state index is 13.8. The molecule has 0 atom stereocenters. The second-order valence-corrected chi connectivity index (χ2v) is 6.75. The molecule has 1 aromatic carbocycles. The lowest BCUT2D eigenvalue weighted by atomic mass is 10.2. The number of halogens is 3. The van der Waals surface area contributed by atoms with Crippen LogP contribution in [-0.4, -0.2) is 45.1 Å². The van der Waals surface area contributed by atoms with Crippen LogP contribution in [0.25, 0.3) is 0 Å². The van der Waals surface area contributed by atoms with E-state index in [1.54, 1.807) is 13.8 Å². The number of anilines is 1. The molecule has 1 amide bonds. The fourth-order valence-electron chi connectivity index (χ4n) is 2.10. The van der Waals surface area contributed by atoms with Crippen LogP contribution < -0.4 is 4.31 Å². The SMILES string of the molecule is CCN(CC)C(=O)CCN(c1ccc(F)c(F)c1F)S(C)(=O)=O. The van der Waals surface area contributed by atoms with Gasteiger partial charge in [-0.25, -0.2) is 21.6 Å². The van der Waals surface area contributed by atoms with Crippen molar-refractivity contribution in [1.82, 2.24) is 4.90 Å². The Bertz CT molecular complexity index is 676. The molecule has 0 aliphatic rings. The van der Waals surface area contributed by atoms with Gasteiger partial charge in [0, 0.05) is 26.1 Å². The Morgan fingerprint density at radius 1 is 1.09 bits per heavy atom. The van der Waals surface area contributed by atoms with Gasteiger partial charge in [0.1, 0.15) is 0 Å². The fourth-order valence-corrected chi connectivity index (χ4v) is 3.03. The van der Waals surface area contributed by atoms with Crippen molar-refractivity contribution in [3.05, 3.63) is 29.6 Å². The molecule has 1 rings (SSSR count). The topological polar surface area (TPSA) is 57.7 Å². The third kappa shape index (κ3) is 4.60. The molecule has 0 aliphatic carbocycles. The Morgan fingerprint density at radius 3 is 2.13 bits per heavy atom. The van der Waals surface area contributed by atoms with Crippen LogP contribution in [0.5, 0.6) is 0 Å².